The van der Waals surface area contributed by atoms with Crippen molar-refractivity contribution in [1.82, 2.24) is 0 Å². The Labute approximate surface area is 109 Å². The number of aliphatic hydroxyl groups excluding tert-OH is 1. The Kier molecular flexibility index (Phi) is 5.08. The zero-order valence-corrected chi connectivity index (χ0v) is 11.5. The Hall–Kier alpha value is -0.940. The zero-order valence-electron chi connectivity index (χ0n) is 9.89. The van der Waals surface area contributed by atoms with E-state index in [-0.39, 0.29) is 5.69 Å². The van der Waals surface area contributed by atoms with Gasteiger partial charge in [0.25, 0.3) is 5.69 Å². The van der Waals surface area contributed by atoms with Gasteiger partial charge >= 0.3 is 0 Å². The van der Waals surface area contributed by atoms with Crippen molar-refractivity contribution in [3.8, 4) is 0 Å². The molecule has 17 heavy (non-hydrogen) atoms. The number of halogens is 1. The molecule has 0 aliphatic rings. The summed E-state index contributed by atoms with van der Waals surface area (Å²) in [5, 5.41) is 20.4. The third-order valence-electron chi connectivity index (χ3n) is 2.45. The summed E-state index contributed by atoms with van der Waals surface area (Å²) in [5.74, 6) is 0.432. The molecule has 0 spiro atoms. The number of rotatable bonds is 5. The summed E-state index contributed by atoms with van der Waals surface area (Å²) in [5.41, 5.74) is 0.947. The van der Waals surface area contributed by atoms with Crippen molar-refractivity contribution in [3.63, 3.8) is 0 Å². The summed E-state index contributed by atoms with van der Waals surface area (Å²) in [7, 11) is 0. The second-order valence-corrected chi connectivity index (χ2v) is 5.37. The largest absolute Gasteiger partial charge is 0.393 e. The monoisotopic (exact) mass is 301 g/mol. The van der Waals surface area contributed by atoms with Gasteiger partial charge < -0.3 is 5.11 Å². The van der Waals surface area contributed by atoms with Crippen LogP contribution in [-0.2, 0) is 6.42 Å². The van der Waals surface area contributed by atoms with Gasteiger partial charge in [0.15, 0.2) is 0 Å². The molecule has 94 valence electrons. The van der Waals surface area contributed by atoms with E-state index < -0.39 is 11.0 Å². The first-order valence-corrected chi connectivity index (χ1v) is 6.30. The third-order valence-corrected chi connectivity index (χ3v) is 3.18. The van der Waals surface area contributed by atoms with Crippen LogP contribution in [0.1, 0.15) is 25.8 Å². The van der Waals surface area contributed by atoms with E-state index in [9.17, 15) is 15.2 Å². The van der Waals surface area contributed by atoms with Crippen LogP contribution in [0.3, 0.4) is 0 Å². The number of non-ortho nitro benzene ring substituents is 1. The standard InChI is InChI=1S/C12H16BrNO3/c1-8(2)5-11(15)6-9-3-4-10(14(16)17)7-12(9)13/h3-4,7-8,11,15H,5-6H2,1-2H3. The van der Waals surface area contributed by atoms with Gasteiger partial charge in [-0.2, -0.15) is 0 Å². The fraction of sp³-hybridized carbons (Fsp3) is 0.500. The maximum Gasteiger partial charge on any atom is 0.270 e. The minimum atomic E-state index is -0.431. The molecule has 0 aromatic heterocycles. The molecule has 0 bridgehead atoms. The quantitative estimate of drug-likeness (QED) is 0.670. The molecule has 0 amide bonds. The van der Waals surface area contributed by atoms with Gasteiger partial charge in [0, 0.05) is 16.6 Å². The van der Waals surface area contributed by atoms with Crippen LogP contribution in [0.15, 0.2) is 22.7 Å². The number of nitro groups is 1. The highest BCUT2D eigenvalue weighted by Crippen LogP contribution is 2.24. The summed E-state index contributed by atoms with van der Waals surface area (Å²) < 4.78 is 0.675. The minimum absolute atomic E-state index is 0.0546. The topological polar surface area (TPSA) is 63.4 Å². The van der Waals surface area contributed by atoms with E-state index in [1.165, 1.54) is 12.1 Å². The Morgan fingerprint density at radius 1 is 1.47 bits per heavy atom. The van der Waals surface area contributed by atoms with Crippen LogP contribution in [0.25, 0.3) is 0 Å². The lowest BCUT2D eigenvalue weighted by Gasteiger charge is -2.13. The Balaban J connectivity index is 2.75. The predicted octanol–water partition coefficient (Wildman–Crippen LogP) is 3.31. The van der Waals surface area contributed by atoms with E-state index in [2.05, 4.69) is 15.9 Å². The molecule has 1 rings (SSSR count). The van der Waals surface area contributed by atoms with Crippen molar-refractivity contribution < 1.29 is 10.0 Å². The van der Waals surface area contributed by atoms with Crippen LogP contribution in [0.5, 0.6) is 0 Å². The summed E-state index contributed by atoms with van der Waals surface area (Å²) >= 11 is 3.29. The molecule has 4 nitrogen and oxygen atoms in total. The second kappa shape index (κ2) is 6.12. The van der Waals surface area contributed by atoms with Crippen molar-refractivity contribution in [3.05, 3.63) is 38.3 Å². The molecule has 5 heteroatoms. The van der Waals surface area contributed by atoms with E-state index in [0.29, 0.717) is 16.8 Å². The number of nitro benzene ring substituents is 1. The summed E-state index contributed by atoms with van der Waals surface area (Å²) in [6.45, 7) is 4.10. The normalized spacial score (nSPS) is 12.8. The van der Waals surface area contributed by atoms with Gasteiger partial charge in [0.2, 0.25) is 0 Å². The molecular weight excluding hydrogens is 286 g/mol. The van der Waals surface area contributed by atoms with Gasteiger partial charge in [-0.1, -0.05) is 35.8 Å². The fourth-order valence-corrected chi connectivity index (χ4v) is 2.23. The van der Waals surface area contributed by atoms with Crippen molar-refractivity contribution in [2.24, 2.45) is 5.92 Å². The van der Waals surface area contributed by atoms with Crippen LogP contribution < -0.4 is 0 Å². The average Bonchev–Trinajstić information content (AvgIpc) is 2.19. The molecule has 1 N–H and O–H groups in total. The Morgan fingerprint density at radius 2 is 2.12 bits per heavy atom. The molecular formula is C12H16BrNO3. The second-order valence-electron chi connectivity index (χ2n) is 4.52. The predicted molar refractivity (Wildman–Crippen MR) is 70.0 cm³/mol. The lowest BCUT2D eigenvalue weighted by atomic mass is 9.99. The van der Waals surface area contributed by atoms with Gasteiger partial charge in [-0.05, 0) is 24.3 Å². The maximum atomic E-state index is 10.6. The zero-order chi connectivity index (χ0) is 13.0. The van der Waals surface area contributed by atoms with Crippen molar-refractivity contribution in [2.75, 3.05) is 0 Å². The fourth-order valence-electron chi connectivity index (χ4n) is 1.70. The summed E-state index contributed by atoms with van der Waals surface area (Å²) in [6, 6.07) is 4.62. The first kappa shape index (κ1) is 14.1. The van der Waals surface area contributed by atoms with Crippen LogP contribution in [-0.4, -0.2) is 16.1 Å². The van der Waals surface area contributed by atoms with Gasteiger partial charge in [-0.3, -0.25) is 10.1 Å². The summed E-state index contributed by atoms with van der Waals surface area (Å²) in [6.07, 6.45) is 0.827. The SMILES string of the molecule is CC(C)CC(O)Cc1ccc([N+](=O)[O-])cc1Br. The third kappa shape index (κ3) is 4.44. The highest BCUT2D eigenvalue weighted by molar-refractivity contribution is 9.10. The van der Waals surface area contributed by atoms with E-state index in [4.69, 9.17) is 0 Å². The van der Waals surface area contributed by atoms with Crippen LogP contribution in [0.4, 0.5) is 5.69 Å². The maximum absolute atomic E-state index is 10.6. The first-order valence-electron chi connectivity index (χ1n) is 5.51. The molecule has 0 saturated heterocycles. The van der Waals surface area contributed by atoms with Gasteiger partial charge in [0.1, 0.15) is 0 Å². The lowest BCUT2D eigenvalue weighted by Crippen LogP contribution is -2.13. The van der Waals surface area contributed by atoms with Gasteiger partial charge in [0.05, 0.1) is 11.0 Å². The van der Waals surface area contributed by atoms with Crippen molar-refractivity contribution in [2.45, 2.75) is 32.8 Å². The Bertz CT molecular complexity index is 407. The molecule has 0 heterocycles. The van der Waals surface area contributed by atoms with Crippen LogP contribution in [0, 0.1) is 16.0 Å². The van der Waals surface area contributed by atoms with Gasteiger partial charge in [-0.25, -0.2) is 0 Å². The van der Waals surface area contributed by atoms with E-state index in [0.717, 1.165) is 12.0 Å². The van der Waals surface area contributed by atoms with Gasteiger partial charge in [-0.15, -0.1) is 0 Å². The number of aliphatic hydroxyl groups is 1. The molecule has 0 fully saturated rings. The van der Waals surface area contributed by atoms with Crippen LogP contribution >= 0.6 is 15.9 Å². The molecule has 1 atom stereocenters. The molecule has 0 saturated carbocycles. The molecule has 1 aromatic carbocycles. The molecule has 1 aromatic rings. The Morgan fingerprint density at radius 3 is 2.59 bits per heavy atom. The number of nitrogens with zero attached hydrogens (tertiary/aromatic N) is 1. The highest BCUT2D eigenvalue weighted by Gasteiger charge is 2.13. The molecule has 0 aliphatic carbocycles. The van der Waals surface area contributed by atoms with Crippen molar-refractivity contribution >= 4 is 21.6 Å². The first-order chi connectivity index (χ1) is 7.90. The smallest absolute Gasteiger partial charge is 0.270 e. The van der Waals surface area contributed by atoms with Crippen molar-refractivity contribution in [1.29, 1.82) is 0 Å². The summed E-state index contributed by atoms with van der Waals surface area (Å²) in [4.78, 5) is 10.1. The molecule has 0 radical (unpaired) electrons. The van der Waals surface area contributed by atoms with E-state index >= 15 is 0 Å². The number of benzene rings is 1. The van der Waals surface area contributed by atoms with E-state index in [1.54, 1.807) is 6.07 Å². The number of hydrogen-bond acceptors (Lipinski definition) is 3. The van der Waals surface area contributed by atoms with E-state index in [1.807, 2.05) is 13.8 Å². The van der Waals surface area contributed by atoms with Crippen LogP contribution in [0.2, 0.25) is 0 Å². The average molecular weight is 302 g/mol. The highest BCUT2D eigenvalue weighted by atomic mass is 79.9. The molecule has 0 aliphatic heterocycles. The minimum Gasteiger partial charge on any atom is -0.393 e. The number of hydrogen-bond donors (Lipinski definition) is 1. The molecule has 1 unspecified atom stereocenters. The lowest BCUT2D eigenvalue weighted by molar-refractivity contribution is -0.384.